The van der Waals surface area contributed by atoms with Crippen molar-refractivity contribution in [2.45, 2.75) is 90.5 Å². The molecule has 1 saturated heterocycles. The molecule has 1 unspecified atom stereocenters. The molecule has 2 fully saturated rings. The number of piperidine rings is 1. The highest BCUT2D eigenvalue weighted by Gasteiger charge is 2.29. The Bertz CT molecular complexity index is 1280. The van der Waals surface area contributed by atoms with Crippen LogP contribution < -0.4 is 5.32 Å². The number of hydrogen-bond donors (Lipinski definition) is 1. The standard InChI is InChI=1S/C35H51BClN5/c1-24-14-15-28-16-17-30(37)23-31(28)27(4)41-19-9-8-13-34(41)33(38-7)21-25(2)40-32(29-11-10-12-29)22-26(3)42(20-18-39-24)35(5,6)36/h16-17,21-23,29,34,39H,1,4,8-15,18-20,36H2,2-3,5-7H3/b25-21+,26-22+,38-33+,40-32+. The minimum absolute atomic E-state index is 0.0109. The smallest absolute Gasteiger partial charge is 0.134 e. The van der Waals surface area contributed by atoms with Crippen LogP contribution in [0, 0.1) is 5.92 Å². The fourth-order valence-electron chi connectivity index (χ4n) is 6.51. The van der Waals surface area contributed by atoms with Crippen molar-refractivity contribution in [1.82, 2.24) is 15.1 Å². The summed E-state index contributed by atoms with van der Waals surface area (Å²) in [4.78, 5) is 15.0. The lowest BCUT2D eigenvalue weighted by Crippen LogP contribution is -2.46. The Hall–Kier alpha value is -2.73. The number of aryl methyl sites for hydroxylation is 1. The summed E-state index contributed by atoms with van der Waals surface area (Å²) < 4.78 is 0. The number of benzene rings is 1. The van der Waals surface area contributed by atoms with E-state index in [1.165, 1.54) is 42.7 Å². The van der Waals surface area contributed by atoms with Crippen molar-refractivity contribution >= 4 is 36.6 Å². The maximum atomic E-state index is 6.55. The normalized spacial score (nSPS) is 27.0. The molecule has 1 saturated carbocycles. The molecule has 0 amide bonds. The molecule has 42 heavy (non-hydrogen) atoms. The predicted molar refractivity (Wildman–Crippen MR) is 185 cm³/mol. The molecule has 1 aromatic carbocycles. The number of hydrogen-bond acceptors (Lipinski definition) is 5. The van der Waals surface area contributed by atoms with Crippen LogP contribution >= 0.6 is 11.6 Å². The fourth-order valence-corrected chi connectivity index (χ4v) is 6.68. The monoisotopic (exact) mass is 587 g/mol. The van der Waals surface area contributed by atoms with E-state index in [9.17, 15) is 0 Å². The van der Waals surface area contributed by atoms with Gasteiger partial charge in [0.25, 0.3) is 0 Å². The van der Waals surface area contributed by atoms with E-state index in [0.29, 0.717) is 5.92 Å². The summed E-state index contributed by atoms with van der Waals surface area (Å²) in [5, 5.41) is 4.36. The Labute approximate surface area is 261 Å². The second kappa shape index (κ2) is 14.2. The molecule has 5 nitrogen and oxygen atoms in total. The van der Waals surface area contributed by atoms with Crippen molar-refractivity contribution in [2.75, 3.05) is 26.7 Å². The molecular formula is C35H51BClN5. The molecule has 1 N–H and O–H groups in total. The number of rotatable bonds is 2. The first-order valence-corrected chi connectivity index (χ1v) is 16.2. The molecule has 1 aromatic rings. The number of aliphatic imine (C=N–C) groups is 2. The predicted octanol–water partition coefficient (Wildman–Crippen LogP) is 7.01. The molecule has 3 aliphatic rings. The van der Waals surface area contributed by atoms with Gasteiger partial charge in [0.1, 0.15) is 7.85 Å². The Morgan fingerprint density at radius 1 is 1.05 bits per heavy atom. The topological polar surface area (TPSA) is 43.2 Å². The molecular weight excluding hydrogens is 537 g/mol. The van der Waals surface area contributed by atoms with Crippen LogP contribution in [0.1, 0.15) is 83.8 Å². The molecule has 7 heteroatoms. The van der Waals surface area contributed by atoms with Gasteiger partial charge in [0.2, 0.25) is 0 Å². The summed E-state index contributed by atoms with van der Waals surface area (Å²) in [6.07, 6.45) is 13.3. The maximum Gasteiger partial charge on any atom is 0.134 e. The van der Waals surface area contributed by atoms with Crippen LogP contribution in [0.4, 0.5) is 0 Å². The van der Waals surface area contributed by atoms with E-state index in [1.807, 2.05) is 13.1 Å². The van der Waals surface area contributed by atoms with Crippen LogP contribution in [-0.4, -0.2) is 67.2 Å². The Balaban J connectivity index is 1.79. The van der Waals surface area contributed by atoms with E-state index >= 15 is 0 Å². The molecule has 4 rings (SSSR count). The molecule has 226 valence electrons. The van der Waals surface area contributed by atoms with Crippen molar-refractivity contribution in [3.8, 4) is 0 Å². The zero-order valence-electron chi connectivity index (χ0n) is 26.9. The summed E-state index contributed by atoms with van der Waals surface area (Å²) >= 11 is 6.55. The lowest BCUT2D eigenvalue weighted by molar-refractivity contribution is 0.248. The van der Waals surface area contributed by atoms with Crippen LogP contribution in [0.15, 0.2) is 70.6 Å². The number of fused-ring (bicyclic) bond motifs is 2. The van der Waals surface area contributed by atoms with Crippen molar-refractivity contribution in [2.24, 2.45) is 15.9 Å². The maximum absolute atomic E-state index is 6.55. The number of nitrogens with zero attached hydrogens (tertiary/aromatic N) is 4. The van der Waals surface area contributed by atoms with E-state index in [2.05, 4.69) is 88.1 Å². The van der Waals surface area contributed by atoms with Crippen LogP contribution in [0.5, 0.6) is 0 Å². The van der Waals surface area contributed by atoms with Crippen LogP contribution in [0.2, 0.25) is 5.02 Å². The van der Waals surface area contributed by atoms with Gasteiger partial charge < -0.3 is 15.1 Å². The van der Waals surface area contributed by atoms with Gasteiger partial charge in [-0.1, -0.05) is 51.1 Å². The van der Waals surface area contributed by atoms with E-state index < -0.39 is 0 Å². The van der Waals surface area contributed by atoms with E-state index in [4.69, 9.17) is 21.6 Å². The van der Waals surface area contributed by atoms with Gasteiger partial charge in [-0.3, -0.25) is 9.98 Å². The van der Waals surface area contributed by atoms with Gasteiger partial charge in [0, 0.05) is 77.1 Å². The Kier molecular flexibility index (Phi) is 10.9. The molecule has 0 radical (unpaired) electrons. The summed E-state index contributed by atoms with van der Waals surface area (Å²) in [6, 6.07) is 6.39. The summed E-state index contributed by atoms with van der Waals surface area (Å²) in [5.74, 6) is 0.520. The molecule has 1 aliphatic carbocycles. The molecule has 0 bridgehead atoms. The summed E-state index contributed by atoms with van der Waals surface area (Å²) in [6.45, 7) is 20.6. The van der Waals surface area contributed by atoms with Gasteiger partial charge >= 0.3 is 0 Å². The fraction of sp³-hybridized carbons (Fsp3) is 0.543. The third kappa shape index (κ3) is 8.01. The Morgan fingerprint density at radius 3 is 2.48 bits per heavy atom. The third-order valence-corrected chi connectivity index (χ3v) is 9.25. The molecule has 2 aliphatic heterocycles. The number of halogens is 1. The highest BCUT2D eigenvalue weighted by molar-refractivity contribution is 6.30. The second-order valence-electron chi connectivity index (χ2n) is 13.2. The van der Waals surface area contributed by atoms with Gasteiger partial charge in [-0.05, 0) is 88.6 Å². The van der Waals surface area contributed by atoms with Crippen LogP contribution in [0.3, 0.4) is 0 Å². The van der Waals surface area contributed by atoms with E-state index in [-0.39, 0.29) is 11.5 Å². The average molecular weight is 588 g/mol. The zero-order valence-corrected chi connectivity index (χ0v) is 27.7. The quantitative estimate of drug-likeness (QED) is 0.379. The van der Waals surface area contributed by atoms with Crippen molar-refractivity contribution in [3.63, 3.8) is 0 Å². The third-order valence-electron chi connectivity index (χ3n) is 9.02. The zero-order chi connectivity index (χ0) is 30.4. The molecule has 1 atom stereocenters. The summed E-state index contributed by atoms with van der Waals surface area (Å²) in [5.41, 5.74) is 8.99. The lowest BCUT2D eigenvalue weighted by atomic mass is 9.78. The second-order valence-corrected chi connectivity index (χ2v) is 13.6. The minimum atomic E-state index is -0.0109. The van der Waals surface area contributed by atoms with Crippen molar-refractivity contribution in [1.29, 1.82) is 0 Å². The summed E-state index contributed by atoms with van der Waals surface area (Å²) in [7, 11) is 4.20. The highest BCUT2D eigenvalue weighted by Crippen LogP contribution is 2.33. The highest BCUT2D eigenvalue weighted by atomic mass is 35.5. The lowest BCUT2D eigenvalue weighted by Gasteiger charge is -2.39. The average Bonchev–Trinajstić information content (AvgIpc) is 2.90. The van der Waals surface area contributed by atoms with E-state index in [1.54, 1.807) is 0 Å². The van der Waals surface area contributed by atoms with Gasteiger partial charge in [0.15, 0.2) is 0 Å². The van der Waals surface area contributed by atoms with Gasteiger partial charge in [-0.2, -0.15) is 0 Å². The first-order valence-electron chi connectivity index (χ1n) is 15.8. The van der Waals surface area contributed by atoms with Gasteiger partial charge in [0.05, 0.1) is 11.8 Å². The molecule has 0 spiro atoms. The van der Waals surface area contributed by atoms with Gasteiger partial charge in [-0.25, -0.2) is 0 Å². The molecule has 0 aromatic heterocycles. The largest absolute Gasteiger partial charge is 0.387 e. The number of nitrogens with one attached hydrogen (secondary N) is 1. The van der Waals surface area contributed by atoms with Crippen LogP contribution in [0.25, 0.3) is 5.70 Å². The van der Waals surface area contributed by atoms with E-state index in [0.717, 1.165) is 78.7 Å². The minimum Gasteiger partial charge on any atom is -0.387 e. The van der Waals surface area contributed by atoms with Crippen molar-refractivity contribution in [3.05, 3.63) is 76.7 Å². The Morgan fingerprint density at radius 2 is 1.81 bits per heavy atom. The number of allylic oxidation sites excluding steroid dienone is 4. The first-order chi connectivity index (χ1) is 20.0. The first kappa shape index (κ1) is 32.2. The van der Waals surface area contributed by atoms with Crippen LogP contribution in [-0.2, 0) is 6.42 Å². The van der Waals surface area contributed by atoms with Gasteiger partial charge in [-0.15, -0.1) is 0 Å². The molecule has 2 heterocycles. The SMILES string of the molecule is BC(C)(C)N1CCNC(=C)CCc2ccc(Cl)cc2C(=C)N2CCCCC2C(=N/C)/C=C(C)/N=C(C2CCC2)\C=C\1C. The van der Waals surface area contributed by atoms with Crippen molar-refractivity contribution < 1.29 is 0 Å².